The van der Waals surface area contributed by atoms with Crippen LogP contribution in [-0.4, -0.2) is 28.4 Å². The van der Waals surface area contributed by atoms with Gasteiger partial charge in [-0.2, -0.15) is 5.10 Å². The van der Waals surface area contributed by atoms with E-state index in [1.165, 1.54) is 7.11 Å². The van der Waals surface area contributed by atoms with Gasteiger partial charge in [0.05, 0.1) is 18.2 Å². The molecule has 0 fully saturated rings. The Hall–Kier alpha value is -3.15. The summed E-state index contributed by atoms with van der Waals surface area (Å²) in [5.74, 6) is -0.647. The standard InChI is InChI=1S/C19H18N2O4.C2H6/c1-3-12-8-11(9-15(19(23)24)17(12)25-2)10-16-13-6-4-5-7-14(13)18(22)21-20-16;1-2/h4-9H,3,10H2,1-2H3,(H,21,22)(H,23,24);1-2H3. The van der Waals surface area contributed by atoms with Crippen LogP contribution < -0.4 is 10.3 Å². The molecule has 0 spiro atoms. The van der Waals surface area contributed by atoms with Crippen LogP contribution in [0.2, 0.25) is 0 Å². The molecule has 1 heterocycles. The number of carboxylic acid groups (broad SMARTS) is 1. The average Bonchev–Trinajstić information content (AvgIpc) is 2.71. The molecule has 0 atom stereocenters. The molecule has 0 aliphatic heterocycles. The van der Waals surface area contributed by atoms with Gasteiger partial charge in [-0.3, -0.25) is 4.79 Å². The number of carbonyl (C=O) groups is 1. The number of hydrogen-bond donors (Lipinski definition) is 2. The molecule has 0 bridgehead atoms. The number of nitrogens with zero attached hydrogens (tertiary/aromatic N) is 1. The van der Waals surface area contributed by atoms with Crippen molar-refractivity contribution < 1.29 is 14.6 Å². The van der Waals surface area contributed by atoms with E-state index in [0.717, 1.165) is 16.5 Å². The van der Waals surface area contributed by atoms with Crippen LogP contribution in [0.15, 0.2) is 41.2 Å². The highest BCUT2D eigenvalue weighted by atomic mass is 16.5. The fourth-order valence-electron chi connectivity index (χ4n) is 3.02. The number of fused-ring (bicyclic) bond motifs is 1. The van der Waals surface area contributed by atoms with E-state index < -0.39 is 5.97 Å². The third kappa shape index (κ3) is 4.16. The lowest BCUT2D eigenvalue weighted by atomic mass is 9.98. The quantitative estimate of drug-likeness (QED) is 0.714. The number of aromatic amines is 1. The molecule has 0 unspecified atom stereocenters. The van der Waals surface area contributed by atoms with Gasteiger partial charge < -0.3 is 9.84 Å². The molecule has 0 saturated heterocycles. The van der Waals surface area contributed by atoms with Crippen molar-refractivity contribution in [1.82, 2.24) is 10.2 Å². The molecule has 27 heavy (non-hydrogen) atoms. The number of H-pyrrole nitrogens is 1. The van der Waals surface area contributed by atoms with Gasteiger partial charge in [0.1, 0.15) is 11.3 Å². The Morgan fingerprint density at radius 2 is 1.85 bits per heavy atom. The minimum Gasteiger partial charge on any atom is -0.496 e. The number of rotatable bonds is 5. The van der Waals surface area contributed by atoms with Crippen molar-refractivity contribution in [3.8, 4) is 5.75 Å². The van der Waals surface area contributed by atoms with Crippen LogP contribution in [0.25, 0.3) is 10.8 Å². The maximum atomic E-state index is 11.9. The number of aromatic nitrogens is 2. The first-order valence-electron chi connectivity index (χ1n) is 8.94. The first-order valence-corrected chi connectivity index (χ1v) is 8.94. The number of ether oxygens (including phenoxy) is 1. The van der Waals surface area contributed by atoms with Crippen molar-refractivity contribution in [2.45, 2.75) is 33.6 Å². The van der Waals surface area contributed by atoms with Crippen LogP contribution in [0, 0.1) is 0 Å². The highest BCUT2D eigenvalue weighted by Gasteiger charge is 2.17. The SMILES string of the molecule is CC.CCc1cc(Cc2n[nH]c(=O)c3ccccc23)cc(C(=O)O)c1OC. The van der Waals surface area contributed by atoms with Crippen molar-refractivity contribution in [2.75, 3.05) is 7.11 Å². The van der Waals surface area contributed by atoms with Gasteiger partial charge >= 0.3 is 5.97 Å². The van der Waals surface area contributed by atoms with E-state index in [1.54, 1.807) is 18.2 Å². The second-order valence-electron chi connectivity index (χ2n) is 5.72. The van der Waals surface area contributed by atoms with Crippen molar-refractivity contribution >= 4 is 16.7 Å². The summed E-state index contributed by atoms with van der Waals surface area (Å²) in [5, 5.41) is 17.5. The summed E-state index contributed by atoms with van der Waals surface area (Å²) >= 11 is 0. The van der Waals surface area contributed by atoms with Gasteiger partial charge in [-0.05, 0) is 29.7 Å². The van der Waals surface area contributed by atoms with E-state index in [4.69, 9.17) is 4.74 Å². The molecular weight excluding hydrogens is 344 g/mol. The van der Waals surface area contributed by atoms with Gasteiger partial charge in [-0.15, -0.1) is 0 Å². The van der Waals surface area contributed by atoms with E-state index >= 15 is 0 Å². The number of hydrogen-bond acceptors (Lipinski definition) is 4. The number of carboxylic acids is 1. The molecule has 0 amide bonds. The Morgan fingerprint density at radius 3 is 2.44 bits per heavy atom. The fraction of sp³-hybridized carbons (Fsp3) is 0.286. The van der Waals surface area contributed by atoms with Gasteiger partial charge in [0.15, 0.2) is 0 Å². The topological polar surface area (TPSA) is 92.3 Å². The minimum atomic E-state index is -1.03. The molecule has 2 aromatic carbocycles. The highest BCUT2D eigenvalue weighted by molar-refractivity contribution is 5.92. The van der Waals surface area contributed by atoms with E-state index in [-0.39, 0.29) is 11.1 Å². The second kappa shape index (κ2) is 8.98. The summed E-state index contributed by atoms with van der Waals surface area (Å²) in [4.78, 5) is 23.5. The van der Waals surface area contributed by atoms with Crippen LogP contribution in [0.1, 0.15) is 48.0 Å². The van der Waals surface area contributed by atoms with Gasteiger partial charge in [0.2, 0.25) is 0 Å². The van der Waals surface area contributed by atoms with Crippen LogP contribution in [0.4, 0.5) is 0 Å². The third-order valence-corrected chi connectivity index (χ3v) is 4.19. The molecule has 0 saturated carbocycles. The van der Waals surface area contributed by atoms with Crippen molar-refractivity contribution in [1.29, 1.82) is 0 Å². The normalized spacial score (nSPS) is 10.2. The van der Waals surface area contributed by atoms with Crippen LogP contribution in [-0.2, 0) is 12.8 Å². The van der Waals surface area contributed by atoms with Gasteiger partial charge in [0, 0.05) is 11.8 Å². The largest absolute Gasteiger partial charge is 0.496 e. The molecule has 3 rings (SSSR count). The lowest BCUT2D eigenvalue weighted by Gasteiger charge is -2.13. The maximum Gasteiger partial charge on any atom is 0.339 e. The number of nitrogens with one attached hydrogen (secondary N) is 1. The van der Waals surface area contributed by atoms with Crippen molar-refractivity contribution in [2.24, 2.45) is 0 Å². The van der Waals surface area contributed by atoms with Gasteiger partial charge in [-0.25, -0.2) is 9.89 Å². The Labute approximate surface area is 157 Å². The lowest BCUT2D eigenvalue weighted by Crippen LogP contribution is -2.12. The Balaban J connectivity index is 0.00000126. The molecule has 6 heteroatoms. The summed E-state index contributed by atoms with van der Waals surface area (Å²) in [7, 11) is 1.47. The van der Waals surface area contributed by atoms with E-state index in [2.05, 4.69) is 10.2 Å². The lowest BCUT2D eigenvalue weighted by molar-refractivity contribution is 0.0693. The molecule has 2 N–H and O–H groups in total. The van der Waals surface area contributed by atoms with E-state index in [0.29, 0.717) is 29.7 Å². The number of benzene rings is 2. The molecular formula is C21H24N2O4. The fourth-order valence-corrected chi connectivity index (χ4v) is 3.02. The first-order chi connectivity index (χ1) is 13.0. The van der Waals surface area contributed by atoms with E-state index in [1.807, 2.05) is 39.0 Å². The van der Waals surface area contributed by atoms with Crippen LogP contribution in [0.5, 0.6) is 5.75 Å². The molecule has 142 valence electrons. The van der Waals surface area contributed by atoms with Gasteiger partial charge in [0.25, 0.3) is 5.56 Å². The van der Waals surface area contributed by atoms with Crippen LogP contribution >= 0.6 is 0 Å². The average molecular weight is 368 g/mol. The summed E-state index contributed by atoms with van der Waals surface area (Å²) in [6, 6.07) is 10.8. The third-order valence-electron chi connectivity index (χ3n) is 4.19. The van der Waals surface area contributed by atoms with E-state index in [9.17, 15) is 14.7 Å². The molecule has 3 aromatic rings. The monoisotopic (exact) mass is 368 g/mol. The zero-order valence-electron chi connectivity index (χ0n) is 16.0. The molecule has 6 nitrogen and oxygen atoms in total. The predicted octanol–water partition coefficient (Wildman–Crippen LogP) is 3.81. The summed E-state index contributed by atoms with van der Waals surface area (Å²) in [6.45, 7) is 5.95. The number of methoxy groups -OCH3 is 1. The smallest absolute Gasteiger partial charge is 0.339 e. The first kappa shape index (κ1) is 20.2. The van der Waals surface area contributed by atoms with Gasteiger partial charge in [-0.1, -0.05) is 45.0 Å². The number of aromatic carboxylic acids is 1. The second-order valence-corrected chi connectivity index (χ2v) is 5.72. The Morgan fingerprint density at radius 1 is 1.19 bits per heavy atom. The minimum absolute atomic E-state index is 0.130. The van der Waals surface area contributed by atoms with Crippen molar-refractivity contribution in [3.63, 3.8) is 0 Å². The van der Waals surface area contributed by atoms with Crippen LogP contribution in [0.3, 0.4) is 0 Å². The molecule has 0 radical (unpaired) electrons. The number of aryl methyl sites for hydroxylation is 1. The zero-order chi connectivity index (χ0) is 20.0. The summed E-state index contributed by atoms with van der Waals surface area (Å²) in [5.41, 5.74) is 2.21. The molecule has 0 aliphatic rings. The Bertz CT molecular complexity index is 1010. The summed E-state index contributed by atoms with van der Waals surface area (Å²) in [6.07, 6.45) is 1.06. The molecule has 1 aromatic heterocycles. The zero-order valence-corrected chi connectivity index (χ0v) is 16.0. The van der Waals surface area contributed by atoms with Crippen molar-refractivity contribution in [3.05, 3.63) is 69.1 Å². The maximum absolute atomic E-state index is 11.9. The summed E-state index contributed by atoms with van der Waals surface area (Å²) < 4.78 is 5.28. The Kier molecular flexibility index (Phi) is 6.71. The molecule has 0 aliphatic carbocycles. The predicted molar refractivity (Wildman–Crippen MR) is 106 cm³/mol. The highest BCUT2D eigenvalue weighted by Crippen LogP contribution is 2.28.